The van der Waals surface area contributed by atoms with E-state index in [2.05, 4.69) is 24.0 Å². The maximum absolute atomic E-state index is 12.5. The normalized spacial score (nSPS) is 10.7. The molecular formula is C19H23N3O. The number of pyridine rings is 1. The number of rotatable bonds is 6. The van der Waals surface area contributed by atoms with Crippen LogP contribution in [0.5, 0.6) is 0 Å². The Morgan fingerprint density at radius 1 is 1.13 bits per heavy atom. The van der Waals surface area contributed by atoms with Crippen molar-refractivity contribution in [3.8, 4) is 17.3 Å². The van der Waals surface area contributed by atoms with Crippen molar-refractivity contribution in [3.63, 3.8) is 0 Å². The van der Waals surface area contributed by atoms with Gasteiger partial charge in [0.1, 0.15) is 11.6 Å². The Hall–Kier alpha value is -2.38. The zero-order valence-corrected chi connectivity index (χ0v) is 14.0. The molecule has 0 unspecified atom stereocenters. The summed E-state index contributed by atoms with van der Waals surface area (Å²) in [4.78, 5) is 14.6. The van der Waals surface area contributed by atoms with E-state index in [0.717, 1.165) is 30.6 Å². The molecule has 2 aromatic rings. The Labute approximate surface area is 137 Å². The van der Waals surface area contributed by atoms with Crippen molar-refractivity contribution < 1.29 is 0 Å². The number of aryl methyl sites for hydroxylation is 1. The Kier molecular flexibility index (Phi) is 5.72. The fraction of sp³-hybridized carbons (Fsp3) is 0.368. The predicted molar refractivity (Wildman–Crippen MR) is 93.4 cm³/mol. The smallest absolute Gasteiger partial charge is 0.268 e. The van der Waals surface area contributed by atoms with Crippen LogP contribution >= 0.6 is 0 Å². The fourth-order valence-corrected chi connectivity index (χ4v) is 2.59. The molecule has 2 rings (SSSR count). The molecule has 0 N–H and O–H groups in total. The Bertz CT molecular complexity index is 752. The highest BCUT2D eigenvalue weighted by molar-refractivity contribution is 5.60. The van der Waals surface area contributed by atoms with Crippen LogP contribution in [-0.4, -0.2) is 30.1 Å². The maximum atomic E-state index is 12.5. The summed E-state index contributed by atoms with van der Waals surface area (Å²) < 4.78 is 1.73. The highest BCUT2D eigenvalue weighted by Gasteiger charge is 2.10. The lowest BCUT2D eigenvalue weighted by Crippen LogP contribution is -2.26. The summed E-state index contributed by atoms with van der Waals surface area (Å²) in [7, 11) is 4.03. The van der Waals surface area contributed by atoms with E-state index in [1.807, 2.05) is 38.4 Å². The van der Waals surface area contributed by atoms with Crippen LogP contribution in [0.25, 0.3) is 11.3 Å². The lowest BCUT2D eigenvalue weighted by atomic mass is 10.1. The molecule has 0 saturated carbocycles. The van der Waals surface area contributed by atoms with Gasteiger partial charge in [-0.3, -0.25) is 4.79 Å². The van der Waals surface area contributed by atoms with Crippen molar-refractivity contribution >= 4 is 0 Å². The number of hydrogen-bond acceptors (Lipinski definition) is 3. The van der Waals surface area contributed by atoms with E-state index < -0.39 is 0 Å². The van der Waals surface area contributed by atoms with Crippen LogP contribution in [0.15, 0.2) is 41.2 Å². The van der Waals surface area contributed by atoms with Crippen LogP contribution in [0, 0.1) is 11.3 Å². The van der Waals surface area contributed by atoms with Crippen LogP contribution < -0.4 is 5.56 Å². The molecule has 4 nitrogen and oxygen atoms in total. The van der Waals surface area contributed by atoms with Gasteiger partial charge in [0.05, 0.1) is 5.69 Å². The summed E-state index contributed by atoms with van der Waals surface area (Å²) in [6.45, 7) is 3.63. The van der Waals surface area contributed by atoms with Crippen molar-refractivity contribution in [3.05, 3.63) is 57.9 Å². The summed E-state index contributed by atoms with van der Waals surface area (Å²) in [5.41, 5.74) is 3.14. The van der Waals surface area contributed by atoms with Gasteiger partial charge in [-0.25, -0.2) is 0 Å². The zero-order valence-electron chi connectivity index (χ0n) is 14.0. The topological polar surface area (TPSA) is 49.0 Å². The highest BCUT2D eigenvalue weighted by Crippen LogP contribution is 2.19. The number of hydrogen-bond donors (Lipinski definition) is 0. The second-order valence-electron chi connectivity index (χ2n) is 5.91. The molecule has 0 spiro atoms. The molecule has 0 aliphatic carbocycles. The molecule has 0 aliphatic rings. The second kappa shape index (κ2) is 7.75. The van der Waals surface area contributed by atoms with Gasteiger partial charge < -0.3 is 9.47 Å². The standard InChI is InChI=1S/C19H23N3O/c1-4-15-6-8-16(9-7-15)18-11-10-17(14-20)19(23)22(18)13-5-12-21(2)3/h6-11H,4-5,12-13H2,1-3H3. The van der Waals surface area contributed by atoms with E-state index >= 15 is 0 Å². The second-order valence-corrected chi connectivity index (χ2v) is 5.91. The molecular weight excluding hydrogens is 286 g/mol. The molecule has 1 heterocycles. The molecule has 1 aromatic carbocycles. The average Bonchev–Trinajstić information content (AvgIpc) is 2.56. The molecule has 0 aliphatic heterocycles. The summed E-state index contributed by atoms with van der Waals surface area (Å²) in [5, 5.41) is 9.11. The van der Waals surface area contributed by atoms with E-state index in [-0.39, 0.29) is 11.1 Å². The molecule has 23 heavy (non-hydrogen) atoms. The molecule has 1 aromatic heterocycles. The van der Waals surface area contributed by atoms with E-state index in [9.17, 15) is 4.79 Å². The van der Waals surface area contributed by atoms with Gasteiger partial charge in [0, 0.05) is 6.54 Å². The molecule has 0 amide bonds. The maximum Gasteiger partial charge on any atom is 0.268 e. The fourth-order valence-electron chi connectivity index (χ4n) is 2.59. The van der Waals surface area contributed by atoms with Crippen LogP contribution in [-0.2, 0) is 13.0 Å². The predicted octanol–water partition coefficient (Wildman–Crippen LogP) is 2.90. The van der Waals surface area contributed by atoms with Gasteiger partial charge >= 0.3 is 0 Å². The first-order chi connectivity index (χ1) is 11.1. The SMILES string of the molecule is CCc1ccc(-c2ccc(C#N)c(=O)n2CCCN(C)C)cc1. The Balaban J connectivity index is 2.43. The number of nitriles is 1. The van der Waals surface area contributed by atoms with Crippen molar-refractivity contribution in [2.24, 2.45) is 0 Å². The van der Waals surface area contributed by atoms with Crippen molar-refractivity contribution in [2.45, 2.75) is 26.3 Å². The minimum atomic E-state index is -0.205. The van der Waals surface area contributed by atoms with Crippen LogP contribution in [0.4, 0.5) is 0 Å². The van der Waals surface area contributed by atoms with Crippen LogP contribution in [0.3, 0.4) is 0 Å². The Morgan fingerprint density at radius 2 is 1.83 bits per heavy atom. The quantitative estimate of drug-likeness (QED) is 0.824. The molecule has 0 radical (unpaired) electrons. The van der Waals surface area contributed by atoms with E-state index in [4.69, 9.17) is 5.26 Å². The monoisotopic (exact) mass is 309 g/mol. The minimum Gasteiger partial charge on any atom is -0.309 e. The third-order valence-electron chi connectivity index (χ3n) is 3.94. The van der Waals surface area contributed by atoms with Crippen LogP contribution in [0.2, 0.25) is 0 Å². The van der Waals surface area contributed by atoms with Gasteiger partial charge in [-0.05, 0) is 56.7 Å². The van der Waals surface area contributed by atoms with Gasteiger partial charge in [0.25, 0.3) is 5.56 Å². The summed E-state index contributed by atoms with van der Waals surface area (Å²) in [6.07, 6.45) is 1.85. The van der Waals surface area contributed by atoms with Gasteiger partial charge in [-0.1, -0.05) is 31.2 Å². The third kappa shape index (κ3) is 4.08. The molecule has 0 bridgehead atoms. The van der Waals surface area contributed by atoms with E-state index in [1.54, 1.807) is 10.6 Å². The number of nitrogens with zero attached hydrogens (tertiary/aromatic N) is 3. The van der Waals surface area contributed by atoms with Crippen molar-refractivity contribution in [1.29, 1.82) is 5.26 Å². The number of benzene rings is 1. The highest BCUT2D eigenvalue weighted by atomic mass is 16.1. The molecule has 120 valence electrons. The first-order valence-electron chi connectivity index (χ1n) is 7.94. The molecule has 0 saturated heterocycles. The number of aromatic nitrogens is 1. The van der Waals surface area contributed by atoms with Gasteiger partial charge in [-0.15, -0.1) is 0 Å². The lowest BCUT2D eigenvalue weighted by Gasteiger charge is -2.15. The van der Waals surface area contributed by atoms with E-state index in [1.165, 1.54) is 5.56 Å². The largest absolute Gasteiger partial charge is 0.309 e. The minimum absolute atomic E-state index is 0.198. The zero-order chi connectivity index (χ0) is 16.8. The molecule has 0 fully saturated rings. The molecule has 4 heteroatoms. The van der Waals surface area contributed by atoms with Gasteiger partial charge in [-0.2, -0.15) is 5.26 Å². The van der Waals surface area contributed by atoms with Gasteiger partial charge in [0.2, 0.25) is 0 Å². The third-order valence-corrected chi connectivity index (χ3v) is 3.94. The van der Waals surface area contributed by atoms with Crippen molar-refractivity contribution in [1.82, 2.24) is 9.47 Å². The van der Waals surface area contributed by atoms with Gasteiger partial charge in [0.15, 0.2) is 0 Å². The summed E-state index contributed by atoms with van der Waals surface area (Å²) in [6, 6.07) is 13.7. The first kappa shape index (κ1) is 17.0. The average molecular weight is 309 g/mol. The lowest BCUT2D eigenvalue weighted by molar-refractivity contribution is 0.385. The summed E-state index contributed by atoms with van der Waals surface area (Å²) in [5.74, 6) is 0. The van der Waals surface area contributed by atoms with E-state index in [0.29, 0.717) is 6.54 Å². The Morgan fingerprint density at radius 3 is 2.39 bits per heavy atom. The van der Waals surface area contributed by atoms with Crippen molar-refractivity contribution in [2.75, 3.05) is 20.6 Å². The molecule has 0 atom stereocenters. The summed E-state index contributed by atoms with van der Waals surface area (Å²) >= 11 is 0. The van der Waals surface area contributed by atoms with Crippen LogP contribution in [0.1, 0.15) is 24.5 Å². The first-order valence-corrected chi connectivity index (χ1v) is 7.94.